The second-order valence-electron chi connectivity index (χ2n) is 3.84. The quantitative estimate of drug-likeness (QED) is 0.854. The maximum atomic E-state index is 13.2. The van der Waals surface area contributed by atoms with E-state index in [1.54, 1.807) is 6.92 Å². The van der Waals surface area contributed by atoms with Gasteiger partial charge in [-0.25, -0.2) is 13.2 Å². The first-order valence-electron chi connectivity index (χ1n) is 5.08. The van der Waals surface area contributed by atoms with Crippen molar-refractivity contribution in [1.29, 1.82) is 0 Å². The molecular formula is C11H13F3N2O. The van der Waals surface area contributed by atoms with Crippen LogP contribution in [-0.4, -0.2) is 12.5 Å². The van der Waals surface area contributed by atoms with Crippen molar-refractivity contribution in [1.82, 2.24) is 0 Å². The molecule has 94 valence electrons. The van der Waals surface area contributed by atoms with Crippen molar-refractivity contribution in [2.24, 2.45) is 11.7 Å². The summed E-state index contributed by atoms with van der Waals surface area (Å²) >= 11 is 0. The van der Waals surface area contributed by atoms with Crippen molar-refractivity contribution < 1.29 is 18.0 Å². The molecule has 0 spiro atoms. The van der Waals surface area contributed by atoms with Gasteiger partial charge in [-0.15, -0.1) is 0 Å². The van der Waals surface area contributed by atoms with Gasteiger partial charge in [0.15, 0.2) is 11.6 Å². The topological polar surface area (TPSA) is 55.1 Å². The van der Waals surface area contributed by atoms with E-state index >= 15 is 0 Å². The summed E-state index contributed by atoms with van der Waals surface area (Å²) in [4.78, 5) is 11.4. The van der Waals surface area contributed by atoms with Gasteiger partial charge >= 0.3 is 0 Å². The van der Waals surface area contributed by atoms with Crippen molar-refractivity contribution >= 4 is 11.6 Å². The summed E-state index contributed by atoms with van der Waals surface area (Å²) < 4.78 is 38.9. The van der Waals surface area contributed by atoms with Crippen LogP contribution in [0.5, 0.6) is 0 Å². The van der Waals surface area contributed by atoms with Gasteiger partial charge in [0.1, 0.15) is 11.5 Å². The molecule has 1 aromatic rings. The zero-order valence-electron chi connectivity index (χ0n) is 9.27. The lowest BCUT2D eigenvalue weighted by Crippen LogP contribution is -2.21. The van der Waals surface area contributed by atoms with E-state index < -0.39 is 29.0 Å². The molecule has 1 amide bonds. The molecule has 3 nitrogen and oxygen atoms in total. The van der Waals surface area contributed by atoms with E-state index in [2.05, 4.69) is 5.32 Å². The summed E-state index contributed by atoms with van der Waals surface area (Å²) in [6.07, 6.45) is 0.0484. The minimum atomic E-state index is -1.14. The third kappa shape index (κ3) is 3.74. The molecule has 3 N–H and O–H groups in total. The molecule has 0 fully saturated rings. The first-order chi connectivity index (χ1) is 7.93. The number of rotatable bonds is 4. The predicted molar refractivity (Wildman–Crippen MR) is 57.8 cm³/mol. The van der Waals surface area contributed by atoms with E-state index in [9.17, 15) is 18.0 Å². The highest BCUT2D eigenvalue weighted by Crippen LogP contribution is 2.20. The van der Waals surface area contributed by atoms with Crippen LogP contribution in [0.25, 0.3) is 0 Å². The first kappa shape index (κ1) is 13.5. The molecule has 0 saturated carbocycles. The van der Waals surface area contributed by atoms with Crippen LogP contribution in [0.4, 0.5) is 18.9 Å². The SMILES string of the molecule is CC(CN)CC(=O)Nc1c(F)cc(F)cc1F. The van der Waals surface area contributed by atoms with E-state index in [4.69, 9.17) is 5.73 Å². The summed E-state index contributed by atoms with van der Waals surface area (Å²) in [6, 6.07) is 1.01. The highest BCUT2D eigenvalue weighted by Gasteiger charge is 2.15. The third-order valence-corrected chi connectivity index (χ3v) is 2.21. The fraction of sp³-hybridized carbons (Fsp3) is 0.364. The van der Waals surface area contributed by atoms with Crippen molar-refractivity contribution in [3.63, 3.8) is 0 Å². The Morgan fingerprint density at radius 1 is 1.35 bits per heavy atom. The molecule has 0 aliphatic heterocycles. The molecule has 0 aliphatic rings. The smallest absolute Gasteiger partial charge is 0.224 e. The number of anilines is 1. The van der Waals surface area contributed by atoms with Gasteiger partial charge in [-0.1, -0.05) is 6.92 Å². The fourth-order valence-electron chi connectivity index (χ4n) is 1.25. The highest BCUT2D eigenvalue weighted by atomic mass is 19.1. The van der Waals surface area contributed by atoms with E-state index in [1.165, 1.54) is 0 Å². The summed E-state index contributed by atoms with van der Waals surface area (Å²) in [5, 5.41) is 2.06. The number of carbonyl (C=O) groups is 1. The zero-order chi connectivity index (χ0) is 13.0. The van der Waals surface area contributed by atoms with Gasteiger partial charge in [0, 0.05) is 18.6 Å². The molecule has 1 rings (SSSR count). The Morgan fingerprint density at radius 2 is 1.88 bits per heavy atom. The van der Waals surface area contributed by atoms with Crippen LogP contribution in [0.2, 0.25) is 0 Å². The lowest BCUT2D eigenvalue weighted by Gasteiger charge is -2.10. The number of carbonyl (C=O) groups excluding carboxylic acids is 1. The second-order valence-corrected chi connectivity index (χ2v) is 3.84. The van der Waals surface area contributed by atoms with Crippen LogP contribution in [0.15, 0.2) is 12.1 Å². The molecule has 0 saturated heterocycles. The Labute approximate surface area is 96.8 Å². The third-order valence-electron chi connectivity index (χ3n) is 2.21. The number of benzene rings is 1. The maximum Gasteiger partial charge on any atom is 0.224 e. The second kappa shape index (κ2) is 5.67. The highest BCUT2D eigenvalue weighted by molar-refractivity contribution is 5.91. The van der Waals surface area contributed by atoms with Crippen LogP contribution in [0.3, 0.4) is 0 Å². The normalized spacial score (nSPS) is 12.3. The fourth-order valence-corrected chi connectivity index (χ4v) is 1.25. The van der Waals surface area contributed by atoms with Gasteiger partial charge < -0.3 is 11.1 Å². The molecule has 1 aromatic carbocycles. The minimum absolute atomic E-state index is 0.0484. The lowest BCUT2D eigenvalue weighted by molar-refractivity contribution is -0.116. The van der Waals surface area contributed by atoms with Gasteiger partial charge in [-0.2, -0.15) is 0 Å². The Balaban J connectivity index is 2.78. The van der Waals surface area contributed by atoms with Crippen LogP contribution in [-0.2, 0) is 4.79 Å². The number of hydrogen-bond acceptors (Lipinski definition) is 2. The molecule has 0 radical (unpaired) electrons. The summed E-state index contributed by atoms with van der Waals surface area (Å²) in [5.41, 5.74) is 4.68. The van der Waals surface area contributed by atoms with E-state index in [1.807, 2.05) is 0 Å². The summed E-state index contributed by atoms with van der Waals surface area (Å²) in [6.45, 7) is 2.03. The minimum Gasteiger partial charge on any atom is -0.330 e. The molecule has 1 atom stereocenters. The Bertz CT molecular complexity index is 400. The molecular weight excluding hydrogens is 233 g/mol. The largest absolute Gasteiger partial charge is 0.330 e. The summed E-state index contributed by atoms with van der Waals surface area (Å²) in [5.74, 6) is -3.98. The first-order valence-corrected chi connectivity index (χ1v) is 5.08. The van der Waals surface area contributed by atoms with Crippen molar-refractivity contribution in [2.45, 2.75) is 13.3 Å². The standard InChI is InChI=1S/C11H13F3N2O/c1-6(5-15)2-10(17)16-11-8(13)3-7(12)4-9(11)14/h3-4,6H,2,5,15H2,1H3,(H,16,17). The van der Waals surface area contributed by atoms with Crippen LogP contribution in [0.1, 0.15) is 13.3 Å². The van der Waals surface area contributed by atoms with Gasteiger partial charge in [-0.3, -0.25) is 4.79 Å². The molecule has 0 bridgehead atoms. The van der Waals surface area contributed by atoms with Crippen LogP contribution >= 0.6 is 0 Å². The van der Waals surface area contributed by atoms with Crippen LogP contribution in [0, 0.1) is 23.4 Å². The molecule has 0 heterocycles. The molecule has 6 heteroatoms. The van der Waals surface area contributed by atoms with Gasteiger partial charge in [0.2, 0.25) is 5.91 Å². The summed E-state index contributed by atoms with van der Waals surface area (Å²) in [7, 11) is 0. The Hall–Kier alpha value is -1.56. The zero-order valence-corrected chi connectivity index (χ0v) is 9.27. The number of halogens is 3. The van der Waals surface area contributed by atoms with Crippen molar-refractivity contribution in [2.75, 3.05) is 11.9 Å². The Morgan fingerprint density at radius 3 is 2.35 bits per heavy atom. The molecule has 0 aliphatic carbocycles. The van der Waals surface area contributed by atoms with Crippen molar-refractivity contribution in [3.8, 4) is 0 Å². The predicted octanol–water partition coefficient (Wildman–Crippen LogP) is 2.03. The maximum absolute atomic E-state index is 13.2. The van der Waals surface area contributed by atoms with E-state index in [0.717, 1.165) is 0 Å². The average Bonchev–Trinajstić information content (AvgIpc) is 2.23. The van der Waals surface area contributed by atoms with Gasteiger partial charge in [0.05, 0.1) is 0 Å². The lowest BCUT2D eigenvalue weighted by atomic mass is 10.1. The molecule has 17 heavy (non-hydrogen) atoms. The molecule has 1 unspecified atom stereocenters. The number of amides is 1. The van der Waals surface area contributed by atoms with Crippen LogP contribution < -0.4 is 11.1 Å². The number of nitrogens with two attached hydrogens (primary N) is 1. The number of nitrogens with one attached hydrogen (secondary N) is 1. The van der Waals surface area contributed by atoms with E-state index in [0.29, 0.717) is 18.7 Å². The average molecular weight is 246 g/mol. The van der Waals surface area contributed by atoms with Gasteiger partial charge in [0.25, 0.3) is 0 Å². The Kier molecular flexibility index (Phi) is 4.51. The molecule has 0 aromatic heterocycles. The van der Waals surface area contributed by atoms with Gasteiger partial charge in [-0.05, 0) is 12.5 Å². The monoisotopic (exact) mass is 246 g/mol. The van der Waals surface area contributed by atoms with Crippen molar-refractivity contribution in [3.05, 3.63) is 29.6 Å². The van der Waals surface area contributed by atoms with E-state index in [-0.39, 0.29) is 12.3 Å². The number of hydrogen-bond donors (Lipinski definition) is 2.